The maximum Gasteiger partial charge on any atom is 0.255 e. The van der Waals surface area contributed by atoms with Crippen LogP contribution in [-0.4, -0.2) is 20.6 Å². The Bertz CT molecular complexity index is 1470. The van der Waals surface area contributed by atoms with Gasteiger partial charge in [-0.2, -0.15) is 0 Å². The molecule has 4 rings (SSSR count). The minimum Gasteiger partial charge on any atom is -0.322 e. The Kier molecular flexibility index (Phi) is 8.36. The van der Waals surface area contributed by atoms with E-state index in [9.17, 15) is 13.2 Å². The van der Waals surface area contributed by atoms with Gasteiger partial charge in [0.15, 0.2) is 0 Å². The summed E-state index contributed by atoms with van der Waals surface area (Å²) in [5, 5.41) is 2.93. The number of aryl methyl sites for hydroxylation is 2. The maximum absolute atomic E-state index is 12.8. The number of sulfonamides is 1. The average Bonchev–Trinajstić information content (AvgIpc) is 2.89. The van der Waals surface area contributed by atoms with Crippen LogP contribution in [0.2, 0.25) is 0 Å². The minimum absolute atomic E-state index is 0.188. The van der Waals surface area contributed by atoms with E-state index < -0.39 is 10.0 Å². The fourth-order valence-electron chi connectivity index (χ4n) is 3.87. The van der Waals surface area contributed by atoms with Gasteiger partial charge in [-0.1, -0.05) is 54.6 Å². The average molecular weight is 531 g/mol. The largest absolute Gasteiger partial charge is 0.322 e. The van der Waals surface area contributed by atoms with Crippen molar-refractivity contribution >= 4 is 39.1 Å². The van der Waals surface area contributed by atoms with Crippen LogP contribution in [0.1, 0.15) is 32.6 Å². The van der Waals surface area contributed by atoms with E-state index in [-0.39, 0.29) is 12.5 Å². The van der Waals surface area contributed by atoms with Crippen molar-refractivity contribution in [2.24, 2.45) is 0 Å². The van der Waals surface area contributed by atoms with Crippen LogP contribution in [0.5, 0.6) is 0 Å². The molecule has 0 aliphatic rings. The molecular formula is C30H30N2O3S2. The predicted molar refractivity (Wildman–Crippen MR) is 154 cm³/mol. The number of hydrogen-bond donors (Lipinski definition) is 1. The third kappa shape index (κ3) is 7.24. The lowest BCUT2D eigenvalue weighted by atomic mass is 10.1. The van der Waals surface area contributed by atoms with Crippen molar-refractivity contribution < 1.29 is 13.2 Å². The van der Waals surface area contributed by atoms with Gasteiger partial charge in [0.25, 0.3) is 5.91 Å². The highest BCUT2D eigenvalue weighted by atomic mass is 32.2. The van der Waals surface area contributed by atoms with E-state index in [1.165, 1.54) is 21.0 Å². The molecule has 0 spiro atoms. The number of carbonyl (C=O) groups is 1. The fourth-order valence-corrected chi connectivity index (χ4v) is 5.68. The topological polar surface area (TPSA) is 66.5 Å². The Hall–Kier alpha value is -3.55. The SMILES string of the molecule is Cc1ccc(C)c(N(Cc2ccc(C(=O)Nc3ccc(CSc4ccccc4)cc3)cc2)S(C)(=O)=O)c1. The van der Waals surface area contributed by atoms with Gasteiger partial charge in [-0.25, -0.2) is 8.42 Å². The first-order valence-corrected chi connectivity index (χ1v) is 14.7. The Morgan fingerprint density at radius 1 is 0.838 bits per heavy atom. The van der Waals surface area contributed by atoms with Gasteiger partial charge in [0, 0.05) is 21.9 Å². The van der Waals surface area contributed by atoms with Crippen molar-refractivity contribution in [3.63, 3.8) is 0 Å². The number of thioether (sulfide) groups is 1. The first-order valence-electron chi connectivity index (χ1n) is 11.9. The summed E-state index contributed by atoms with van der Waals surface area (Å²) in [5.41, 5.74) is 5.74. The molecule has 0 aliphatic heterocycles. The number of hydrogen-bond acceptors (Lipinski definition) is 4. The molecule has 37 heavy (non-hydrogen) atoms. The summed E-state index contributed by atoms with van der Waals surface area (Å²) < 4.78 is 26.6. The number of anilines is 2. The first-order chi connectivity index (χ1) is 17.7. The molecule has 0 atom stereocenters. The second kappa shape index (κ2) is 11.7. The molecule has 5 nitrogen and oxygen atoms in total. The molecule has 0 aromatic heterocycles. The summed E-state index contributed by atoms with van der Waals surface area (Å²) in [6, 6.07) is 30.9. The molecule has 190 valence electrons. The van der Waals surface area contributed by atoms with Gasteiger partial charge in [-0.3, -0.25) is 9.10 Å². The van der Waals surface area contributed by atoms with E-state index in [1.54, 1.807) is 36.0 Å². The second-order valence-corrected chi connectivity index (χ2v) is 12.0. The quantitative estimate of drug-likeness (QED) is 0.241. The number of nitrogens with one attached hydrogen (secondary N) is 1. The summed E-state index contributed by atoms with van der Waals surface area (Å²) in [7, 11) is -3.49. The molecule has 0 radical (unpaired) electrons. The molecule has 0 unspecified atom stereocenters. The van der Waals surface area contributed by atoms with E-state index in [2.05, 4.69) is 17.4 Å². The molecule has 1 amide bonds. The van der Waals surface area contributed by atoms with Gasteiger partial charge in [-0.15, -0.1) is 11.8 Å². The Morgan fingerprint density at radius 2 is 1.49 bits per heavy atom. The molecule has 4 aromatic rings. The van der Waals surface area contributed by atoms with Crippen molar-refractivity contribution in [1.82, 2.24) is 0 Å². The zero-order valence-corrected chi connectivity index (χ0v) is 22.8. The summed E-state index contributed by atoms with van der Waals surface area (Å²) in [5.74, 6) is 0.638. The highest BCUT2D eigenvalue weighted by Crippen LogP contribution is 2.26. The maximum atomic E-state index is 12.8. The number of rotatable bonds is 9. The van der Waals surface area contributed by atoms with E-state index >= 15 is 0 Å². The zero-order chi connectivity index (χ0) is 26.4. The molecule has 0 fully saturated rings. The normalized spacial score (nSPS) is 11.2. The molecule has 7 heteroatoms. The van der Waals surface area contributed by atoms with Gasteiger partial charge in [0.2, 0.25) is 10.0 Å². The molecule has 0 aliphatic carbocycles. The lowest BCUT2D eigenvalue weighted by molar-refractivity contribution is 0.102. The summed E-state index contributed by atoms with van der Waals surface area (Å²) in [6.07, 6.45) is 1.21. The molecular weight excluding hydrogens is 500 g/mol. The molecule has 1 N–H and O–H groups in total. The molecule has 0 saturated carbocycles. The monoisotopic (exact) mass is 530 g/mol. The minimum atomic E-state index is -3.49. The van der Waals surface area contributed by atoms with Crippen molar-refractivity contribution in [2.75, 3.05) is 15.9 Å². The summed E-state index contributed by atoms with van der Waals surface area (Å²) in [4.78, 5) is 14.0. The highest BCUT2D eigenvalue weighted by Gasteiger charge is 2.20. The number of amides is 1. The smallest absolute Gasteiger partial charge is 0.255 e. The first kappa shape index (κ1) is 26.5. The molecule has 4 aromatic carbocycles. The number of nitrogens with zero attached hydrogens (tertiary/aromatic N) is 1. The van der Waals surface area contributed by atoms with E-state index in [1.807, 2.05) is 74.5 Å². The highest BCUT2D eigenvalue weighted by molar-refractivity contribution is 7.98. The number of benzene rings is 4. The van der Waals surface area contributed by atoms with Crippen LogP contribution in [0, 0.1) is 13.8 Å². The van der Waals surface area contributed by atoms with Gasteiger partial charge >= 0.3 is 0 Å². The zero-order valence-electron chi connectivity index (χ0n) is 21.1. The number of carbonyl (C=O) groups excluding carboxylic acids is 1. The van der Waals surface area contributed by atoms with Crippen LogP contribution in [-0.2, 0) is 22.3 Å². The van der Waals surface area contributed by atoms with Crippen molar-refractivity contribution in [3.8, 4) is 0 Å². The lowest BCUT2D eigenvalue weighted by Gasteiger charge is -2.25. The van der Waals surface area contributed by atoms with Crippen LogP contribution in [0.4, 0.5) is 11.4 Å². The lowest BCUT2D eigenvalue weighted by Crippen LogP contribution is -2.30. The summed E-state index contributed by atoms with van der Waals surface area (Å²) >= 11 is 1.77. The van der Waals surface area contributed by atoms with Gasteiger partial charge < -0.3 is 5.32 Å². The van der Waals surface area contributed by atoms with Crippen molar-refractivity contribution in [2.45, 2.75) is 31.0 Å². The van der Waals surface area contributed by atoms with Crippen molar-refractivity contribution in [1.29, 1.82) is 0 Å². The molecule has 0 saturated heterocycles. The third-order valence-electron chi connectivity index (χ3n) is 5.94. The van der Waals surface area contributed by atoms with E-state index in [0.717, 1.165) is 28.1 Å². The second-order valence-electron chi connectivity index (χ2n) is 9.01. The van der Waals surface area contributed by atoms with E-state index in [0.29, 0.717) is 11.3 Å². The Morgan fingerprint density at radius 3 is 2.14 bits per heavy atom. The van der Waals surface area contributed by atoms with Crippen LogP contribution < -0.4 is 9.62 Å². The van der Waals surface area contributed by atoms with Crippen LogP contribution in [0.3, 0.4) is 0 Å². The van der Waals surface area contributed by atoms with Crippen LogP contribution in [0.15, 0.2) is 102 Å². The Labute approximate surface area is 223 Å². The predicted octanol–water partition coefficient (Wildman–Crippen LogP) is 6.81. The van der Waals surface area contributed by atoms with Crippen LogP contribution in [0.25, 0.3) is 0 Å². The van der Waals surface area contributed by atoms with Gasteiger partial charge in [-0.05, 0) is 78.6 Å². The Balaban J connectivity index is 1.39. The van der Waals surface area contributed by atoms with Crippen LogP contribution >= 0.6 is 11.8 Å². The third-order valence-corrected chi connectivity index (χ3v) is 8.15. The summed E-state index contributed by atoms with van der Waals surface area (Å²) in [6.45, 7) is 4.02. The van der Waals surface area contributed by atoms with E-state index in [4.69, 9.17) is 0 Å². The molecule has 0 bridgehead atoms. The van der Waals surface area contributed by atoms with Gasteiger partial charge in [0.05, 0.1) is 18.5 Å². The standard InChI is InChI=1S/C30H30N2O3S2/c1-22-9-10-23(2)29(19-22)32(37(3,34)35)20-24-11-15-26(16-12-24)30(33)31-27-17-13-25(14-18-27)21-36-28-7-5-4-6-8-28/h4-19H,20-21H2,1-3H3,(H,31,33). The molecule has 0 heterocycles. The van der Waals surface area contributed by atoms with Crippen molar-refractivity contribution in [3.05, 3.63) is 125 Å². The van der Waals surface area contributed by atoms with Gasteiger partial charge in [0.1, 0.15) is 0 Å². The fraction of sp³-hybridized carbons (Fsp3) is 0.167.